The van der Waals surface area contributed by atoms with Crippen LogP contribution in [0.4, 0.5) is 13.2 Å². The van der Waals surface area contributed by atoms with Crippen LogP contribution in [0.2, 0.25) is 0 Å². The van der Waals surface area contributed by atoms with Gasteiger partial charge in [-0.1, -0.05) is 12.1 Å². The Kier molecular flexibility index (Phi) is 4.47. The lowest BCUT2D eigenvalue weighted by Crippen LogP contribution is -2.42. The molecule has 6 heteroatoms. The third-order valence-corrected chi connectivity index (χ3v) is 2.28. The predicted molar refractivity (Wildman–Crippen MR) is 56.8 cm³/mol. The van der Waals surface area contributed by atoms with E-state index in [4.69, 9.17) is 0 Å². The van der Waals surface area contributed by atoms with Crippen LogP contribution in [-0.2, 0) is 20.0 Å². The summed E-state index contributed by atoms with van der Waals surface area (Å²) in [4.78, 5) is 22.8. The molecule has 0 amide bonds. The zero-order valence-corrected chi connectivity index (χ0v) is 9.58. The van der Waals surface area contributed by atoms with Crippen LogP contribution in [0, 0.1) is 5.82 Å². The lowest BCUT2D eigenvalue weighted by Gasteiger charge is -2.21. The van der Waals surface area contributed by atoms with Crippen LogP contribution < -0.4 is 0 Å². The summed E-state index contributed by atoms with van der Waals surface area (Å²) in [6.45, 7) is -0.463. The summed E-state index contributed by atoms with van der Waals surface area (Å²) in [6, 6.07) is 3.80. The maximum Gasteiger partial charge on any atom is 0.356 e. The molecule has 1 aromatic rings. The second-order valence-electron chi connectivity index (χ2n) is 3.45. The van der Waals surface area contributed by atoms with Gasteiger partial charge in [-0.25, -0.2) is 18.0 Å². The van der Waals surface area contributed by atoms with Gasteiger partial charge in [0.1, 0.15) is 5.82 Å². The average Bonchev–Trinajstić information content (AvgIpc) is 2.37. The molecule has 0 heterocycles. The minimum atomic E-state index is -3.31. The number of hydrogen-bond acceptors (Lipinski definition) is 3. The van der Waals surface area contributed by atoms with Crippen LogP contribution >= 0.6 is 0 Å². The van der Waals surface area contributed by atoms with Crippen LogP contribution in [0.3, 0.4) is 0 Å². The highest BCUT2D eigenvalue weighted by Crippen LogP contribution is 2.29. The quantitative estimate of drug-likeness (QED) is 0.601. The van der Waals surface area contributed by atoms with Gasteiger partial charge in [0.15, 0.2) is 6.67 Å². The molecule has 1 unspecified atom stereocenters. The van der Waals surface area contributed by atoms with Crippen LogP contribution in [0.15, 0.2) is 24.3 Å². The highest BCUT2D eigenvalue weighted by Gasteiger charge is 2.49. The zero-order chi connectivity index (χ0) is 13.8. The van der Waals surface area contributed by atoms with Crippen LogP contribution in [0.25, 0.3) is 0 Å². The van der Waals surface area contributed by atoms with E-state index in [1.54, 1.807) is 0 Å². The molecule has 1 rings (SSSR count). The topological polar surface area (TPSA) is 43.4 Å². The summed E-state index contributed by atoms with van der Waals surface area (Å²) in [5.41, 5.74) is -3.89. The van der Waals surface area contributed by atoms with Gasteiger partial charge in [0.2, 0.25) is 5.78 Å². The van der Waals surface area contributed by atoms with E-state index in [1.807, 2.05) is 0 Å². The van der Waals surface area contributed by atoms with Gasteiger partial charge in [-0.3, -0.25) is 4.79 Å². The molecule has 0 saturated heterocycles. The lowest BCUT2D eigenvalue weighted by molar-refractivity contribution is -0.163. The minimum absolute atomic E-state index is 0.181. The predicted octanol–water partition coefficient (Wildman–Crippen LogP) is 2.09. The van der Waals surface area contributed by atoms with E-state index in [0.29, 0.717) is 6.07 Å². The minimum Gasteiger partial charge on any atom is -0.463 e. The molecule has 0 fully saturated rings. The third-order valence-electron chi connectivity index (χ3n) is 2.28. The smallest absolute Gasteiger partial charge is 0.356 e. The van der Waals surface area contributed by atoms with Gasteiger partial charge in [-0.15, -0.1) is 0 Å². The normalized spacial score (nSPS) is 13.8. The van der Waals surface area contributed by atoms with E-state index in [0.717, 1.165) is 18.2 Å². The van der Waals surface area contributed by atoms with Crippen molar-refractivity contribution in [2.24, 2.45) is 0 Å². The number of hydrogen-bond donors (Lipinski definition) is 0. The number of ether oxygens (including phenoxy) is 1. The van der Waals surface area contributed by atoms with Gasteiger partial charge in [0.05, 0.1) is 6.61 Å². The largest absolute Gasteiger partial charge is 0.463 e. The summed E-state index contributed by atoms with van der Waals surface area (Å²) >= 11 is 0. The van der Waals surface area contributed by atoms with Gasteiger partial charge in [-0.2, -0.15) is 0 Å². The van der Waals surface area contributed by atoms with Crippen molar-refractivity contribution in [2.75, 3.05) is 13.3 Å². The van der Waals surface area contributed by atoms with Gasteiger partial charge in [-0.05, 0) is 19.1 Å². The first-order valence-electron chi connectivity index (χ1n) is 5.18. The van der Waals surface area contributed by atoms with Crippen molar-refractivity contribution in [1.29, 1.82) is 0 Å². The number of Topliss-reactive ketones (excluding diaryl/α,β-unsaturated/α-hetero) is 1. The lowest BCUT2D eigenvalue weighted by atomic mass is 9.91. The van der Waals surface area contributed by atoms with E-state index < -0.39 is 35.5 Å². The number of carbonyl (C=O) groups is 2. The molecule has 98 valence electrons. The van der Waals surface area contributed by atoms with Crippen LogP contribution in [-0.4, -0.2) is 25.0 Å². The Morgan fingerprint density at radius 3 is 2.56 bits per heavy atom. The molecule has 0 aliphatic heterocycles. The number of alkyl halides is 2. The van der Waals surface area contributed by atoms with Gasteiger partial charge in [0, 0.05) is 5.56 Å². The Hall–Kier alpha value is -1.85. The van der Waals surface area contributed by atoms with Crippen molar-refractivity contribution in [1.82, 2.24) is 0 Å². The fourth-order valence-electron chi connectivity index (χ4n) is 1.42. The molecule has 18 heavy (non-hydrogen) atoms. The maximum absolute atomic E-state index is 14.4. The second kappa shape index (κ2) is 5.66. The van der Waals surface area contributed by atoms with Crippen molar-refractivity contribution in [2.45, 2.75) is 12.6 Å². The number of carbonyl (C=O) groups excluding carboxylic acids is 2. The maximum atomic E-state index is 14.4. The van der Waals surface area contributed by atoms with E-state index in [2.05, 4.69) is 4.74 Å². The Morgan fingerprint density at radius 2 is 2.06 bits per heavy atom. The number of halogens is 3. The zero-order valence-electron chi connectivity index (χ0n) is 9.58. The van der Waals surface area contributed by atoms with Crippen LogP contribution in [0.1, 0.15) is 12.5 Å². The summed E-state index contributed by atoms with van der Waals surface area (Å²) in [5, 5.41) is 0. The summed E-state index contributed by atoms with van der Waals surface area (Å²) < 4.78 is 44.2. The first kappa shape index (κ1) is 14.2. The fraction of sp³-hybridized carbons (Fsp3) is 0.333. The van der Waals surface area contributed by atoms with E-state index >= 15 is 0 Å². The monoisotopic (exact) mass is 260 g/mol. The Morgan fingerprint density at radius 1 is 1.39 bits per heavy atom. The number of benzene rings is 1. The molecular weight excluding hydrogens is 249 g/mol. The Bertz CT molecular complexity index is 462. The summed E-state index contributed by atoms with van der Waals surface area (Å²) in [7, 11) is 0. The number of esters is 1. The van der Waals surface area contributed by atoms with Gasteiger partial charge < -0.3 is 4.74 Å². The highest BCUT2D eigenvalue weighted by molar-refractivity contribution is 6.08. The third kappa shape index (κ3) is 2.52. The molecule has 0 aliphatic rings. The molecule has 1 aromatic carbocycles. The molecule has 0 aromatic heterocycles. The van der Waals surface area contributed by atoms with E-state index in [1.165, 1.54) is 6.92 Å². The average molecular weight is 260 g/mol. The Balaban J connectivity index is 3.28. The van der Waals surface area contributed by atoms with Crippen molar-refractivity contribution in [3.8, 4) is 0 Å². The molecule has 0 bridgehead atoms. The molecular formula is C12H11F3O3. The molecule has 0 N–H and O–H groups in total. The van der Waals surface area contributed by atoms with Gasteiger partial charge >= 0.3 is 5.97 Å². The molecule has 0 radical (unpaired) electrons. The first-order valence-corrected chi connectivity index (χ1v) is 5.18. The van der Waals surface area contributed by atoms with Crippen molar-refractivity contribution in [3.05, 3.63) is 35.6 Å². The highest BCUT2D eigenvalue weighted by atomic mass is 19.2. The molecule has 0 aliphatic carbocycles. The standard InChI is InChI=1S/C12H11F3O3/c1-2-18-11(17)12(15,10(16)7-13)8-4-3-5-9(14)6-8/h3-6H,2,7H2,1H3. The van der Waals surface area contributed by atoms with Crippen LogP contribution in [0.5, 0.6) is 0 Å². The van der Waals surface area contributed by atoms with E-state index in [-0.39, 0.29) is 6.61 Å². The molecule has 1 atom stereocenters. The molecule has 0 spiro atoms. The van der Waals surface area contributed by atoms with E-state index in [9.17, 15) is 22.8 Å². The fourth-order valence-corrected chi connectivity index (χ4v) is 1.42. The molecule has 0 saturated carbocycles. The van der Waals surface area contributed by atoms with Crippen molar-refractivity contribution in [3.63, 3.8) is 0 Å². The second-order valence-corrected chi connectivity index (χ2v) is 3.45. The van der Waals surface area contributed by atoms with Gasteiger partial charge in [0.25, 0.3) is 5.67 Å². The SMILES string of the molecule is CCOC(=O)C(F)(C(=O)CF)c1cccc(F)c1. The van der Waals surface area contributed by atoms with Crippen molar-refractivity contribution < 1.29 is 27.5 Å². The van der Waals surface area contributed by atoms with Crippen molar-refractivity contribution >= 4 is 11.8 Å². The molecule has 3 nitrogen and oxygen atoms in total. The number of ketones is 1. The summed E-state index contributed by atoms with van der Waals surface area (Å²) in [5.74, 6) is -4.00. The first-order chi connectivity index (χ1) is 8.46. The number of rotatable bonds is 5. The Labute approximate surface area is 102 Å². The summed E-state index contributed by atoms with van der Waals surface area (Å²) in [6.07, 6.45) is 0.